The number of aryl methyl sites for hydroxylation is 1. The molecular weight excluding hydrogens is 416 g/mol. The number of esters is 1. The summed E-state index contributed by atoms with van der Waals surface area (Å²) in [6.07, 6.45) is 1.73. The van der Waals surface area contributed by atoms with Gasteiger partial charge in [-0.3, -0.25) is 14.4 Å². The summed E-state index contributed by atoms with van der Waals surface area (Å²) >= 11 is 0. The average molecular weight is 451 g/mol. The number of piperidine rings is 1. The van der Waals surface area contributed by atoms with Gasteiger partial charge in [0.15, 0.2) is 0 Å². The lowest BCUT2D eigenvalue weighted by Gasteiger charge is -2.34. The van der Waals surface area contributed by atoms with Crippen LogP contribution in [0.2, 0.25) is 0 Å². The van der Waals surface area contributed by atoms with E-state index in [1.165, 1.54) is 0 Å². The quantitative estimate of drug-likeness (QED) is 0.560. The number of likely N-dealkylation sites (tertiary alicyclic amines) is 1. The van der Waals surface area contributed by atoms with Crippen LogP contribution in [0.1, 0.15) is 60.6 Å². The number of carbonyl (C=O) groups is 3. The summed E-state index contributed by atoms with van der Waals surface area (Å²) < 4.78 is 5.15. The molecule has 0 bridgehead atoms. The molecule has 0 radical (unpaired) electrons. The molecule has 3 rings (SSSR count). The first-order valence-corrected chi connectivity index (χ1v) is 11.8. The zero-order chi connectivity index (χ0) is 23.8. The molecule has 2 amide bonds. The Hall–Kier alpha value is -3.15. The minimum atomic E-state index is -0.268. The van der Waals surface area contributed by atoms with E-state index >= 15 is 0 Å². The van der Waals surface area contributed by atoms with Crippen molar-refractivity contribution in [3.63, 3.8) is 0 Å². The molecule has 0 aliphatic carbocycles. The summed E-state index contributed by atoms with van der Waals surface area (Å²) in [6.45, 7) is 7.38. The van der Waals surface area contributed by atoms with E-state index in [2.05, 4.69) is 0 Å². The van der Waals surface area contributed by atoms with Gasteiger partial charge >= 0.3 is 5.97 Å². The van der Waals surface area contributed by atoms with Crippen molar-refractivity contribution >= 4 is 17.8 Å². The molecule has 6 heteroatoms. The molecule has 2 aromatic carbocycles. The number of amides is 2. The highest BCUT2D eigenvalue weighted by molar-refractivity contribution is 5.96. The van der Waals surface area contributed by atoms with Gasteiger partial charge in [0.05, 0.1) is 18.6 Å². The van der Waals surface area contributed by atoms with Gasteiger partial charge in [-0.2, -0.15) is 0 Å². The SMILES string of the molecule is CCOC(=O)C1CCCN(C(=O)CCN(C(=O)c2ccccc2C)C(C)c2ccccc2)C1. The van der Waals surface area contributed by atoms with Gasteiger partial charge in [0.1, 0.15) is 0 Å². The van der Waals surface area contributed by atoms with Crippen molar-refractivity contribution in [1.82, 2.24) is 9.80 Å². The van der Waals surface area contributed by atoms with Crippen molar-refractivity contribution in [1.29, 1.82) is 0 Å². The van der Waals surface area contributed by atoms with E-state index in [9.17, 15) is 14.4 Å². The Balaban J connectivity index is 1.73. The summed E-state index contributed by atoms with van der Waals surface area (Å²) in [5.74, 6) is -0.619. The van der Waals surface area contributed by atoms with Crippen molar-refractivity contribution in [2.45, 2.75) is 46.1 Å². The summed E-state index contributed by atoms with van der Waals surface area (Å²) in [4.78, 5) is 42.2. The van der Waals surface area contributed by atoms with Crippen LogP contribution in [-0.4, -0.2) is 53.8 Å². The molecule has 1 aliphatic rings. The predicted molar refractivity (Wildman–Crippen MR) is 128 cm³/mol. The van der Waals surface area contributed by atoms with Gasteiger partial charge in [0, 0.05) is 31.6 Å². The second kappa shape index (κ2) is 11.6. The number of nitrogens with zero attached hydrogens (tertiary/aromatic N) is 2. The predicted octanol–water partition coefficient (Wildman–Crippen LogP) is 4.39. The van der Waals surface area contributed by atoms with Crippen LogP contribution >= 0.6 is 0 Å². The summed E-state index contributed by atoms with van der Waals surface area (Å²) in [5, 5.41) is 0. The van der Waals surface area contributed by atoms with Gasteiger partial charge in [-0.15, -0.1) is 0 Å². The van der Waals surface area contributed by atoms with Crippen LogP contribution in [0.15, 0.2) is 54.6 Å². The third kappa shape index (κ3) is 6.21. The van der Waals surface area contributed by atoms with Crippen molar-refractivity contribution in [2.24, 2.45) is 5.92 Å². The van der Waals surface area contributed by atoms with Crippen molar-refractivity contribution in [2.75, 3.05) is 26.2 Å². The van der Waals surface area contributed by atoms with Crippen LogP contribution in [-0.2, 0) is 14.3 Å². The van der Waals surface area contributed by atoms with E-state index in [1.807, 2.05) is 68.4 Å². The molecule has 2 unspecified atom stereocenters. The highest BCUT2D eigenvalue weighted by atomic mass is 16.5. The van der Waals surface area contributed by atoms with Crippen molar-refractivity contribution in [3.05, 3.63) is 71.3 Å². The van der Waals surface area contributed by atoms with Gasteiger partial charge < -0.3 is 14.5 Å². The summed E-state index contributed by atoms with van der Waals surface area (Å²) in [6, 6.07) is 17.2. The Labute approximate surface area is 196 Å². The molecule has 0 N–H and O–H groups in total. The second-order valence-electron chi connectivity index (χ2n) is 8.58. The Bertz CT molecular complexity index is 960. The van der Waals surface area contributed by atoms with Gasteiger partial charge in [-0.25, -0.2) is 0 Å². The monoisotopic (exact) mass is 450 g/mol. The second-order valence-corrected chi connectivity index (χ2v) is 8.58. The highest BCUT2D eigenvalue weighted by Gasteiger charge is 2.30. The van der Waals surface area contributed by atoms with Gasteiger partial charge in [0.25, 0.3) is 5.91 Å². The molecule has 2 atom stereocenters. The average Bonchev–Trinajstić information content (AvgIpc) is 2.84. The van der Waals surface area contributed by atoms with E-state index in [0.29, 0.717) is 31.8 Å². The fourth-order valence-electron chi connectivity index (χ4n) is 4.38. The fraction of sp³-hybridized carbons (Fsp3) is 0.444. The zero-order valence-electron chi connectivity index (χ0n) is 19.8. The van der Waals surface area contributed by atoms with Crippen LogP contribution in [0.25, 0.3) is 0 Å². The first-order valence-electron chi connectivity index (χ1n) is 11.8. The Kier molecular flexibility index (Phi) is 8.64. The maximum Gasteiger partial charge on any atom is 0.310 e. The molecule has 6 nitrogen and oxygen atoms in total. The number of ether oxygens (including phenoxy) is 1. The van der Waals surface area contributed by atoms with Gasteiger partial charge in [-0.05, 0) is 50.8 Å². The molecule has 0 saturated carbocycles. The van der Waals surface area contributed by atoms with Crippen molar-refractivity contribution in [3.8, 4) is 0 Å². The lowest BCUT2D eigenvalue weighted by atomic mass is 9.98. The van der Waals surface area contributed by atoms with E-state index < -0.39 is 0 Å². The van der Waals surface area contributed by atoms with E-state index in [-0.39, 0.29) is 36.2 Å². The Morgan fingerprint density at radius 3 is 2.48 bits per heavy atom. The van der Waals surface area contributed by atoms with Crippen LogP contribution < -0.4 is 0 Å². The molecule has 0 aromatic heterocycles. The normalized spacial score (nSPS) is 16.7. The minimum Gasteiger partial charge on any atom is -0.466 e. The number of rotatable bonds is 8. The summed E-state index contributed by atoms with van der Waals surface area (Å²) in [7, 11) is 0. The molecule has 1 aliphatic heterocycles. The number of benzene rings is 2. The fourth-order valence-corrected chi connectivity index (χ4v) is 4.38. The standard InChI is InChI=1S/C27H34N2O4/c1-4-33-27(32)23-14-10-17-28(19-23)25(30)16-18-29(21(3)22-12-6-5-7-13-22)26(31)24-15-9-8-11-20(24)2/h5-9,11-13,15,21,23H,4,10,14,16-19H2,1-3H3. The van der Waals surface area contributed by atoms with Crippen LogP contribution in [0.5, 0.6) is 0 Å². The van der Waals surface area contributed by atoms with E-state index in [1.54, 1.807) is 16.7 Å². The molecule has 0 spiro atoms. The number of hydrogen-bond donors (Lipinski definition) is 0. The lowest BCUT2D eigenvalue weighted by Crippen LogP contribution is -2.44. The van der Waals surface area contributed by atoms with E-state index in [0.717, 1.165) is 24.0 Å². The highest BCUT2D eigenvalue weighted by Crippen LogP contribution is 2.25. The van der Waals surface area contributed by atoms with Crippen LogP contribution in [0, 0.1) is 12.8 Å². The Morgan fingerprint density at radius 1 is 1.09 bits per heavy atom. The van der Waals surface area contributed by atoms with Gasteiger partial charge in [-0.1, -0.05) is 48.5 Å². The van der Waals surface area contributed by atoms with Gasteiger partial charge in [0.2, 0.25) is 5.91 Å². The molecule has 1 fully saturated rings. The minimum absolute atomic E-state index is 0.0353. The molecule has 176 valence electrons. The maximum atomic E-state index is 13.5. The third-order valence-corrected chi connectivity index (χ3v) is 6.35. The topological polar surface area (TPSA) is 66.9 Å². The molecule has 2 aromatic rings. The number of carbonyl (C=O) groups excluding carboxylic acids is 3. The van der Waals surface area contributed by atoms with E-state index in [4.69, 9.17) is 4.74 Å². The first-order chi connectivity index (χ1) is 15.9. The molecule has 1 heterocycles. The number of hydrogen-bond acceptors (Lipinski definition) is 4. The smallest absolute Gasteiger partial charge is 0.310 e. The zero-order valence-corrected chi connectivity index (χ0v) is 19.8. The molecule has 1 saturated heterocycles. The molecular formula is C27H34N2O4. The van der Waals surface area contributed by atoms with Crippen LogP contribution in [0.4, 0.5) is 0 Å². The first kappa shape index (κ1) is 24.5. The summed E-state index contributed by atoms with van der Waals surface area (Å²) in [5.41, 5.74) is 2.58. The maximum absolute atomic E-state index is 13.5. The largest absolute Gasteiger partial charge is 0.466 e. The van der Waals surface area contributed by atoms with Crippen molar-refractivity contribution < 1.29 is 19.1 Å². The third-order valence-electron chi connectivity index (χ3n) is 6.35. The van der Waals surface area contributed by atoms with Crippen LogP contribution in [0.3, 0.4) is 0 Å². The Morgan fingerprint density at radius 2 is 1.79 bits per heavy atom. The molecule has 33 heavy (non-hydrogen) atoms. The lowest BCUT2D eigenvalue weighted by molar-refractivity contribution is -0.151.